The van der Waals surface area contributed by atoms with Crippen LogP contribution >= 0.6 is 0 Å². The van der Waals surface area contributed by atoms with E-state index in [0.29, 0.717) is 44.7 Å². The molecule has 86 heavy (non-hydrogen) atoms. The summed E-state index contributed by atoms with van der Waals surface area (Å²) in [5.74, 6) is -11.9. The second-order valence-electron chi connectivity index (χ2n) is 22.1. The van der Waals surface area contributed by atoms with Crippen LogP contribution in [0.5, 0.6) is 17.2 Å². The van der Waals surface area contributed by atoms with E-state index in [1.165, 1.54) is 31.2 Å². The third kappa shape index (κ3) is 15.0. The van der Waals surface area contributed by atoms with Gasteiger partial charge >= 0.3 is 0 Å². The van der Waals surface area contributed by atoms with Gasteiger partial charge < -0.3 is 102 Å². The van der Waals surface area contributed by atoms with Crippen LogP contribution in [0.3, 0.4) is 0 Å². The Balaban J connectivity index is 1.23. The zero-order valence-electron chi connectivity index (χ0n) is 47.3. The predicted molar refractivity (Wildman–Crippen MR) is 298 cm³/mol. The lowest BCUT2D eigenvalue weighted by atomic mass is 9.90. The molecule has 17 N–H and O–H groups in total. The number of aliphatic hydroxyl groups is 8. The van der Waals surface area contributed by atoms with Gasteiger partial charge in [-0.25, -0.2) is 0 Å². The summed E-state index contributed by atoms with van der Waals surface area (Å²) in [7, 11) is 0. The van der Waals surface area contributed by atoms with Crippen LogP contribution in [-0.4, -0.2) is 212 Å². The maximum Gasteiger partial charge on any atom is 0.252 e. The number of hydrogen-bond donors (Lipinski definition) is 16. The van der Waals surface area contributed by atoms with E-state index >= 15 is 0 Å². The first kappa shape index (κ1) is 65.3. The number of nitrogens with two attached hydrogens (primary N) is 1. The van der Waals surface area contributed by atoms with Crippen molar-refractivity contribution in [2.45, 2.75) is 151 Å². The quantitative estimate of drug-likeness (QED) is 0.0393. The maximum atomic E-state index is 14.8. The molecule has 8 amide bonds. The van der Waals surface area contributed by atoms with Crippen molar-refractivity contribution in [3.63, 3.8) is 0 Å². The van der Waals surface area contributed by atoms with Crippen molar-refractivity contribution < 1.29 is 98.7 Å². The van der Waals surface area contributed by atoms with Crippen LogP contribution in [0.4, 0.5) is 0 Å². The Morgan fingerprint density at radius 2 is 1.44 bits per heavy atom. The second kappa shape index (κ2) is 27.8. The monoisotopic (exact) mass is 1200 g/mol. The van der Waals surface area contributed by atoms with E-state index in [1.807, 2.05) is 12.1 Å². The Morgan fingerprint density at radius 3 is 2.08 bits per heavy atom. The molecule has 0 aliphatic carbocycles. The molecule has 3 fully saturated rings. The number of amides is 8. The molecule has 0 bridgehead atoms. The summed E-state index contributed by atoms with van der Waals surface area (Å²) in [6, 6.07) is 6.60. The highest BCUT2D eigenvalue weighted by Gasteiger charge is 2.51. The molecule has 4 aromatic rings. The van der Waals surface area contributed by atoms with E-state index in [1.54, 1.807) is 18.2 Å². The predicted octanol–water partition coefficient (Wildman–Crippen LogP) is -2.99. The normalized spacial score (nSPS) is 27.7. The number of aromatic nitrogens is 1. The molecule has 0 saturated carbocycles. The van der Waals surface area contributed by atoms with Crippen molar-refractivity contribution >= 4 is 47.3 Å². The number of carbonyl (C=O) groups is 8. The zero-order valence-corrected chi connectivity index (χ0v) is 47.3. The number of phenols is 2. The first-order chi connectivity index (χ1) is 40.6. The molecule has 1 aromatic heterocycles. The van der Waals surface area contributed by atoms with Crippen LogP contribution in [0.25, 0.3) is 22.6 Å². The van der Waals surface area contributed by atoms with E-state index < -0.39 is 182 Å². The summed E-state index contributed by atoms with van der Waals surface area (Å²) in [6.07, 6.45) is -16.5. The number of fused-ring (bicyclic) bond motifs is 2. The van der Waals surface area contributed by atoms with Gasteiger partial charge in [0.1, 0.15) is 65.5 Å². The third-order valence-corrected chi connectivity index (χ3v) is 15.4. The summed E-state index contributed by atoms with van der Waals surface area (Å²) >= 11 is 0. The highest BCUT2D eigenvalue weighted by atomic mass is 16.5. The molecule has 3 aliphatic heterocycles. The van der Waals surface area contributed by atoms with Crippen LogP contribution in [0.1, 0.15) is 88.2 Å². The van der Waals surface area contributed by atoms with Gasteiger partial charge in [0.25, 0.3) is 5.91 Å². The number of nitrogens with zero attached hydrogens (tertiary/aromatic N) is 3. The average molecular weight is 1200 g/mol. The molecule has 0 unspecified atom stereocenters. The molecule has 4 heterocycles. The van der Waals surface area contributed by atoms with Crippen LogP contribution in [-0.2, 0) is 33.6 Å². The van der Waals surface area contributed by atoms with Crippen molar-refractivity contribution in [3.05, 3.63) is 83.9 Å². The molecule has 29 nitrogen and oxygen atoms in total. The maximum absolute atomic E-state index is 14.8. The lowest BCUT2D eigenvalue weighted by Gasteiger charge is -2.36. The highest BCUT2D eigenvalue weighted by Crippen LogP contribution is 2.33. The molecular formula is C57H73N9O20. The van der Waals surface area contributed by atoms with Gasteiger partial charge in [-0.15, -0.1) is 0 Å². The Labute approximate surface area is 492 Å². The number of ether oxygens (including phenoxy) is 1. The molecule has 0 spiro atoms. The van der Waals surface area contributed by atoms with Crippen LogP contribution in [0, 0.1) is 5.92 Å². The largest absolute Gasteiger partial charge is 0.504 e. The fourth-order valence-corrected chi connectivity index (χ4v) is 10.4. The van der Waals surface area contributed by atoms with Crippen LogP contribution < -0.4 is 37.1 Å². The van der Waals surface area contributed by atoms with Crippen molar-refractivity contribution in [3.8, 4) is 39.8 Å². The van der Waals surface area contributed by atoms with Gasteiger partial charge in [-0.05, 0) is 74.4 Å². The van der Waals surface area contributed by atoms with Gasteiger partial charge in [-0.2, -0.15) is 0 Å². The zero-order chi connectivity index (χ0) is 63.1. The van der Waals surface area contributed by atoms with Gasteiger partial charge in [-0.1, -0.05) is 50.0 Å². The minimum absolute atomic E-state index is 0.0896. The van der Waals surface area contributed by atoms with Crippen LogP contribution in [0.15, 0.2) is 77.3 Å². The van der Waals surface area contributed by atoms with Crippen LogP contribution in [0.2, 0.25) is 0 Å². The van der Waals surface area contributed by atoms with Crippen molar-refractivity contribution in [2.75, 3.05) is 19.7 Å². The van der Waals surface area contributed by atoms with Gasteiger partial charge in [0.05, 0.1) is 37.4 Å². The second-order valence-corrected chi connectivity index (χ2v) is 22.1. The highest BCUT2D eigenvalue weighted by molar-refractivity contribution is 6.02. The first-order valence-corrected chi connectivity index (χ1v) is 27.8. The number of unbranched alkanes of at least 4 members (excludes halogenated alkanes) is 2. The number of rotatable bonds is 16. The number of benzene rings is 3. The molecule has 0 radical (unpaired) electrons. The number of hydrogen-bond acceptors (Lipinski definition) is 21. The van der Waals surface area contributed by atoms with E-state index in [0.717, 1.165) is 51.3 Å². The number of aromatic hydroxyl groups is 2. The van der Waals surface area contributed by atoms with E-state index in [9.17, 15) is 89.4 Å². The Hall–Kier alpha value is -8.29. The van der Waals surface area contributed by atoms with Gasteiger partial charge in [0.15, 0.2) is 23.5 Å². The van der Waals surface area contributed by atoms with Gasteiger partial charge in [-0.3, -0.25) is 38.4 Å². The molecule has 3 aromatic carbocycles. The first-order valence-electron chi connectivity index (χ1n) is 27.8. The van der Waals surface area contributed by atoms with E-state index in [2.05, 4.69) is 38.7 Å². The number of carbonyl (C=O) groups excluding carboxylic acids is 8. The number of primary amides is 1. The summed E-state index contributed by atoms with van der Waals surface area (Å²) in [4.78, 5) is 115. The summed E-state index contributed by atoms with van der Waals surface area (Å²) in [6.45, 7) is 4.99. The minimum atomic E-state index is -2.52. The summed E-state index contributed by atoms with van der Waals surface area (Å²) in [5, 5.41) is 127. The number of nitrogens with one attached hydrogen (secondary N) is 5. The number of phenolic OH excluding ortho intramolecular Hbond substituents is 2. The minimum Gasteiger partial charge on any atom is -0.504 e. The molecule has 7 rings (SSSR count). The molecule has 29 heteroatoms. The lowest BCUT2D eigenvalue weighted by Crippen LogP contribution is -2.65. The Morgan fingerprint density at radius 1 is 0.791 bits per heavy atom. The number of aliphatic hydroxyl groups excluding tert-OH is 8. The Bertz CT molecular complexity index is 3110. The fourth-order valence-electron chi connectivity index (χ4n) is 10.4. The molecule has 466 valence electrons. The van der Waals surface area contributed by atoms with Gasteiger partial charge in [0, 0.05) is 54.6 Å². The molecule has 3 aliphatic rings. The summed E-state index contributed by atoms with van der Waals surface area (Å²) < 4.78 is 11.4. The molecule has 15 atom stereocenters. The van der Waals surface area contributed by atoms with Gasteiger partial charge in [0.2, 0.25) is 41.4 Å². The van der Waals surface area contributed by atoms with Crippen molar-refractivity contribution in [2.24, 2.45) is 11.7 Å². The summed E-state index contributed by atoms with van der Waals surface area (Å²) in [5.41, 5.74) is 4.03. The average Bonchev–Trinajstić information content (AvgIpc) is 2.68. The smallest absolute Gasteiger partial charge is 0.252 e. The van der Waals surface area contributed by atoms with Crippen molar-refractivity contribution in [1.29, 1.82) is 0 Å². The van der Waals surface area contributed by atoms with E-state index in [4.69, 9.17) is 15.0 Å². The fraction of sp³-hybridized carbons (Fsp3) is 0.491. The standard InChI is InChI=1S/C57H73N9O20/c1-5-6-7-18-85-33-15-12-29(13-16-33)40-21-34(64-86-40)28-8-10-30(11-9-28)49(77)63-57(4)23-39(72)51(79)62-53(81)45-46(74)26(2)24-66(45)55(83)43(38(71)22-41(58)73)59-52(80)44(48(76)47(75)31-14-17-36(69)37(70)19-31)60-50(78)35-20-32(68)25-65(35)54(82)42(27(3)67)61-56(57)84/h8-17,19,21,26-27,32,35,38-39,42-48,51,67-72,74-76,79H,5-7,18,20,22-25H2,1-4H3,(H2,58,73)(H,59,80)(H,60,78)(H,61,84)(H,62,81)(H,63,77)/t26-,27+,32+,35-,38+,39+,42-,43-,44-,45-,46-,47-,48-,51+,57-/m0/s1. The molecular weight excluding hydrogens is 1130 g/mol. The lowest BCUT2D eigenvalue weighted by molar-refractivity contribution is -0.149. The van der Waals surface area contributed by atoms with E-state index in [-0.39, 0.29) is 11.1 Å². The Kier molecular flexibility index (Phi) is 21.1. The topological polar surface area (TPSA) is 467 Å². The SMILES string of the molecule is CCCCCOc1ccc(-c2cc(-c3ccc(C(=O)N[C@@]4(C)C[C@@H](O)[C@@H](O)NC(=O)[C@@H]5[C@@H](O)[C@@H](C)CN5C(=O)[C@H]([C@H](O)CC(N)=O)NC(=O)[C@H]([C@H](O)[C@@H](O)c5ccc(O)c(O)c5)NC(=O)[C@@H]5C[C@@H](O)CN5C(=O)[C@H]([C@@H](C)O)NC4=O)cc3)no2)cc1. The van der Waals surface area contributed by atoms with Crippen molar-refractivity contribution in [1.82, 2.24) is 41.5 Å². The third-order valence-electron chi connectivity index (χ3n) is 15.4. The molecule has 3 saturated heterocycles.